The summed E-state index contributed by atoms with van der Waals surface area (Å²) in [5, 5.41) is 5.48. The molecule has 20 heavy (non-hydrogen) atoms. The molecule has 1 heterocycles. The number of hydrogen-bond donors (Lipinski definition) is 3. The summed E-state index contributed by atoms with van der Waals surface area (Å²) in [6.45, 7) is 4.29. The zero-order valence-electron chi connectivity index (χ0n) is 11.6. The predicted molar refractivity (Wildman–Crippen MR) is 80.7 cm³/mol. The first kappa shape index (κ1) is 14.0. The first-order valence-corrected chi connectivity index (χ1v) is 6.39. The fourth-order valence-electron chi connectivity index (χ4n) is 1.96. The standard InChI is InChI=1S/C15H18N4O/c1-10-6-11(2)17-14(7-10)19-15(20)18-13-5-3-4-12(8-13)9-16/h3-8H,9,16H2,1-2H3,(H2,17,18,19,20). The van der Waals surface area contributed by atoms with Crippen LogP contribution in [0, 0.1) is 13.8 Å². The van der Waals surface area contributed by atoms with Gasteiger partial charge < -0.3 is 11.1 Å². The van der Waals surface area contributed by atoms with Crippen molar-refractivity contribution in [3.63, 3.8) is 0 Å². The van der Waals surface area contributed by atoms with E-state index in [2.05, 4.69) is 15.6 Å². The van der Waals surface area contributed by atoms with Gasteiger partial charge in [-0.15, -0.1) is 0 Å². The lowest BCUT2D eigenvalue weighted by Crippen LogP contribution is -2.20. The Morgan fingerprint density at radius 2 is 2.00 bits per heavy atom. The molecule has 0 aliphatic carbocycles. The summed E-state index contributed by atoms with van der Waals surface area (Å²) in [6, 6.07) is 10.9. The largest absolute Gasteiger partial charge is 0.326 e. The number of urea groups is 1. The van der Waals surface area contributed by atoms with Gasteiger partial charge in [0.25, 0.3) is 0 Å². The van der Waals surface area contributed by atoms with Gasteiger partial charge in [-0.05, 0) is 49.2 Å². The van der Waals surface area contributed by atoms with Gasteiger partial charge in [0.1, 0.15) is 5.82 Å². The molecule has 0 fully saturated rings. The summed E-state index contributed by atoms with van der Waals surface area (Å²) in [7, 11) is 0. The summed E-state index contributed by atoms with van der Waals surface area (Å²) >= 11 is 0. The van der Waals surface area contributed by atoms with Gasteiger partial charge >= 0.3 is 6.03 Å². The van der Waals surface area contributed by atoms with E-state index in [1.54, 1.807) is 0 Å². The Morgan fingerprint density at radius 3 is 2.70 bits per heavy atom. The Morgan fingerprint density at radius 1 is 1.20 bits per heavy atom. The average molecular weight is 270 g/mol. The van der Waals surface area contributed by atoms with E-state index in [9.17, 15) is 4.79 Å². The zero-order chi connectivity index (χ0) is 14.5. The molecule has 5 heteroatoms. The number of carbonyl (C=O) groups excluding carboxylic acids is 1. The monoisotopic (exact) mass is 270 g/mol. The number of benzene rings is 1. The zero-order valence-corrected chi connectivity index (χ0v) is 11.6. The second-order valence-corrected chi connectivity index (χ2v) is 4.65. The second kappa shape index (κ2) is 6.16. The summed E-state index contributed by atoms with van der Waals surface area (Å²) in [6.07, 6.45) is 0. The minimum Gasteiger partial charge on any atom is -0.326 e. The third-order valence-corrected chi connectivity index (χ3v) is 2.76. The number of anilines is 2. The number of aryl methyl sites for hydroxylation is 2. The van der Waals surface area contributed by atoms with Gasteiger partial charge in [0.2, 0.25) is 0 Å². The van der Waals surface area contributed by atoms with Crippen molar-refractivity contribution in [2.75, 3.05) is 10.6 Å². The molecule has 0 saturated heterocycles. The van der Waals surface area contributed by atoms with Crippen molar-refractivity contribution < 1.29 is 4.79 Å². The van der Waals surface area contributed by atoms with Crippen LogP contribution in [0.5, 0.6) is 0 Å². The maximum absolute atomic E-state index is 11.9. The van der Waals surface area contributed by atoms with E-state index in [1.807, 2.05) is 50.2 Å². The van der Waals surface area contributed by atoms with Crippen molar-refractivity contribution in [3.05, 3.63) is 53.2 Å². The molecule has 4 N–H and O–H groups in total. The number of rotatable bonds is 3. The Kier molecular flexibility index (Phi) is 4.32. The summed E-state index contributed by atoms with van der Waals surface area (Å²) in [4.78, 5) is 16.2. The van der Waals surface area contributed by atoms with E-state index >= 15 is 0 Å². The van der Waals surface area contributed by atoms with E-state index in [1.165, 1.54) is 0 Å². The highest BCUT2D eigenvalue weighted by Crippen LogP contribution is 2.12. The molecule has 1 aromatic heterocycles. The third kappa shape index (κ3) is 3.80. The fraction of sp³-hybridized carbons (Fsp3) is 0.200. The molecule has 0 radical (unpaired) electrons. The smallest absolute Gasteiger partial charge is 0.324 e. The molecular weight excluding hydrogens is 252 g/mol. The molecule has 0 aliphatic rings. The van der Waals surface area contributed by atoms with Crippen molar-refractivity contribution in [1.29, 1.82) is 0 Å². The lowest BCUT2D eigenvalue weighted by molar-refractivity contribution is 0.262. The molecule has 0 bridgehead atoms. The molecule has 2 amide bonds. The molecule has 104 valence electrons. The molecule has 1 aromatic carbocycles. The minimum atomic E-state index is -0.323. The van der Waals surface area contributed by atoms with Gasteiger partial charge in [0, 0.05) is 17.9 Å². The molecule has 0 aliphatic heterocycles. The van der Waals surface area contributed by atoms with Crippen LogP contribution in [0.4, 0.5) is 16.3 Å². The van der Waals surface area contributed by atoms with E-state index in [-0.39, 0.29) is 6.03 Å². The summed E-state index contributed by atoms with van der Waals surface area (Å²) in [5.41, 5.74) is 9.16. The predicted octanol–water partition coefficient (Wildman–Crippen LogP) is 2.80. The number of hydrogen-bond acceptors (Lipinski definition) is 3. The highest BCUT2D eigenvalue weighted by atomic mass is 16.2. The lowest BCUT2D eigenvalue weighted by Gasteiger charge is -2.09. The Bertz CT molecular complexity index is 605. The highest BCUT2D eigenvalue weighted by Gasteiger charge is 2.05. The van der Waals surface area contributed by atoms with Crippen LogP contribution in [-0.4, -0.2) is 11.0 Å². The highest BCUT2D eigenvalue weighted by molar-refractivity contribution is 5.99. The van der Waals surface area contributed by atoms with Crippen molar-refractivity contribution in [2.24, 2.45) is 5.73 Å². The minimum absolute atomic E-state index is 0.323. The number of aromatic nitrogens is 1. The molecule has 0 spiro atoms. The topological polar surface area (TPSA) is 80.0 Å². The van der Waals surface area contributed by atoms with Gasteiger partial charge in [0.05, 0.1) is 0 Å². The second-order valence-electron chi connectivity index (χ2n) is 4.65. The van der Waals surface area contributed by atoms with Crippen LogP contribution in [0.25, 0.3) is 0 Å². The van der Waals surface area contributed by atoms with Crippen LogP contribution in [0.1, 0.15) is 16.8 Å². The fourth-order valence-corrected chi connectivity index (χ4v) is 1.96. The summed E-state index contributed by atoms with van der Waals surface area (Å²) in [5.74, 6) is 0.537. The molecule has 2 rings (SSSR count). The number of nitrogens with one attached hydrogen (secondary N) is 2. The van der Waals surface area contributed by atoms with E-state index in [0.29, 0.717) is 18.1 Å². The van der Waals surface area contributed by atoms with E-state index in [0.717, 1.165) is 16.8 Å². The Labute approximate surface area is 118 Å². The van der Waals surface area contributed by atoms with Gasteiger partial charge in [-0.3, -0.25) is 5.32 Å². The van der Waals surface area contributed by atoms with Crippen molar-refractivity contribution in [2.45, 2.75) is 20.4 Å². The van der Waals surface area contributed by atoms with Crippen LogP contribution in [-0.2, 0) is 6.54 Å². The molecule has 2 aromatic rings. The normalized spacial score (nSPS) is 10.2. The van der Waals surface area contributed by atoms with Crippen LogP contribution in [0.3, 0.4) is 0 Å². The Balaban J connectivity index is 2.04. The maximum Gasteiger partial charge on any atom is 0.324 e. The molecular formula is C15H18N4O. The van der Waals surface area contributed by atoms with Gasteiger partial charge in [-0.25, -0.2) is 9.78 Å². The SMILES string of the molecule is Cc1cc(C)nc(NC(=O)Nc2cccc(CN)c2)c1. The maximum atomic E-state index is 11.9. The first-order valence-electron chi connectivity index (χ1n) is 6.39. The van der Waals surface area contributed by atoms with Crippen LogP contribution < -0.4 is 16.4 Å². The van der Waals surface area contributed by atoms with Crippen LogP contribution in [0.15, 0.2) is 36.4 Å². The number of nitrogens with two attached hydrogens (primary N) is 1. The molecule has 0 atom stereocenters. The molecule has 5 nitrogen and oxygen atoms in total. The van der Waals surface area contributed by atoms with Crippen molar-refractivity contribution in [1.82, 2.24) is 4.98 Å². The van der Waals surface area contributed by atoms with Gasteiger partial charge in [-0.1, -0.05) is 12.1 Å². The average Bonchev–Trinajstić information content (AvgIpc) is 2.37. The molecule has 0 saturated carbocycles. The van der Waals surface area contributed by atoms with Crippen LogP contribution in [0.2, 0.25) is 0 Å². The van der Waals surface area contributed by atoms with E-state index < -0.39 is 0 Å². The Hall–Kier alpha value is -2.40. The van der Waals surface area contributed by atoms with Gasteiger partial charge in [0.15, 0.2) is 0 Å². The first-order chi connectivity index (χ1) is 9.56. The number of amides is 2. The van der Waals surface area contributed by atoms with Gasteiger partial charge in [-0.2, -0.15) is 0 Å². The number of pyridine rings is 1. The summed E-state index contributed by atoms with van der Waals surface area (Å²) < 4.78 is 0. The third-order valence-electron chi connectivity index (χ3n) is 2.76. The molecule has 0 unspecified atom stereocenters. The van der Waals surface area contributed by atoms with Crippen LogP contribution >= 0.6 is 0 Å². The number of carbonyl (C=O) groups is 1. The van der Waals surface area contributed by atoms with Crippen molar-refractivity contribution in [3.8, 4) is 0 Å². The van der Waals surface area contributed by atoms with E-state index in [4.69, 9.17) is 5.73 Å². The number of nitrogens with zero attached hydrogens (tertiary/aromatic N) is 1. The quantitative estimate of drug-likeness (QED) is 0.802. The lowest BCUT2D eigenvalue weighted by atomic mass is 10.2. The van der Waals surface area contributed by atoms with Crippen molar-refractivity contribution >= 4 is 17.5 Å².